The molecule has 0 saturated heterocycles. The molecule has 0 aliphatic heterocycles. The fraction of sp³-hybridized carbons (Fsp3) is 0.455. The second-order valence-corrected chi connectivity index (χ2v) is 3.36. The van der Waals surface area contributed by atoms with Gasteiger partial charge in [-0.15, -0.1) is 0 Å². The van der Waals surface area contributed by atoms with E-state index in [9.17, 15) is 9.50 Å². The van der Waals surface area contributed by atoms with Gasteiger partial charge < -0.3 is 20.3 Å². The smallest absolute Gasteiger partial charge is 0.200 e. The Morgan fingerprint density at radius 3 is 2.19 bits per heavy atom. The number of phenolic OH excluding ortho intramolecular Hbond substituents is 1. The number of nitrogens with two attached hydrogens (primary N) is 1. The molecule has 0 aromatic heterocycles. The van der Waals surface area contributed by atoms with E-state index in [1.807, 2.05) is 0 Å². The lowest BCUT2D eigenvalue weighted by molar-refractivity contribution is 0.338. The number of hydrogen-bond acceptors (Lipinski definition) is 4. The Labute approximate surface area is 93.8 Å². The standard InChI is InChI=1S/C11H16FNO3/c1-15-9-5-7(8(13)3-4-12)6-10(16-2)11(9)14/h5-6,8,14H,3-4,13H2,1-2H3/t8-/m0/s1. The van der Waals surface area contributed by atoms with Crippen LogP contribution in [0.25, 0.3) is 0 Å². The molecule has 0 fully saturated rings. The zero-order valence-corrected chi connectivity index (χ0v) is 9.37. The van der Waals surface area contributed by atoms with Gasteiger partial charge in [-0.3, -0.25) is 4.39 Å². The van der Waals surface area contributed by atoms with Gasteiger partial charge in [0.25, 0.3) is 0 Å². The summed E-state index contributed by atoms with van der Waals surface area (Å²) in [5, 5.41) is 9.66. The van der Waals surface area contributed by atoms with Crippen LogP contribution in [-0.4, -0.2) is 26.0 Å². The average Bonchev–Trinajstić information content (AvgIpc) is 2.29. The minimum atomic E-state index is -0.493. The molecule has 0 amide bonds. The van der Waals surface area contributed by atoms with E-state index in [1.165, 1.54) is 14.2 Å². The third kappa shape index (κ3) is 2.55. The average molecular weight is 229 g/mol. The van der Waals surface area contributed by atoms with E-state index in [1.54, 1.807) is 12.1 Å². The third-order valence-electron chi connectivity index (χ3n) is 2.35. The topological polar surface area (TPSA) is 64.7 Å². The highest BCUT2D eigenvalue weighted by atomic mass is 19.1. The van der Waals surface area contributed by atoms with Crippen molar-refractivity contribution in [3.05, 3.63) is 17.7 Å². The van der Waals surface area contributed by atoms with Crippen molar-refractivity contribution in [1.29, 1.82) is 0 Å². The summed E-state index contributed by atoms with van der Waals surface area (Å²) in [6.07, 6.45) is 0.219. The molecule has 0 radical (unpaired) electrons. The van der Waals surface area contributed by atoms with Crippen molar-refractivity contribution in [2.45, 2.75) is 12.5 Å². The van der Waals surface area contributed by atoms with Crippen LogP contribution in [0.2, 0.25) is 0 Å². The molecular formula is C11H16FNO3. The Balaban J connectivity index is 3.11. The molecule has 4 nitrogen and oxygen atoms in total. The number of hydrogen-bond donors (Lipinski definition) is 2. The summed E-state index contributed by atoms with van der Waals surface area (Å²) in [4.78, 5) is 0. The monoisotopic (exact) mass is 229 g/mol. The number of halogens is 1. The molecule has 0 unspecified atom stereocenters. The minimum absolute atomic E-state index is 0.0822. The first-order chi connectivity index (χ1) is 7.63. The molecule has 0 aliphatic carbocycles. The molecule has 0 saturated carbocycles. The van der Waals surface area contributed by atoms with Gasteiger partial charge in [-0.1, -0.05) is 0 Å². The van der Waals surface area contributed by atoms with Crippen molar-refractivity contribution in [3.63, 3.8) is 0 Å². The highest BCUT2D eigenvalue weighted by Crippen LogP contribution is 2.38. The predicted octanol–water partition coefficient (Wildman–Crippen LogP) is 1.77. The van der Waals surface area contributed by atoms with E-state index in [4.69, 9.17) is 15.2 Å². The fourth-order valence-corrected chi connectivity index (χ4v) is 1.41. The minimum Gasteiger partial charge on any atom is -0.502 e. The Morgan fingerprint density at radius 2 is 1.81 bits per heavy atom. The van der Waals surface area contributed by atoms with Gasteiger partial charge >= 0.3 is 0 Å². The van der Waals surface area contributed by atoms with Crippen LogP contribution in [0.5, 0.6) is 17.2 Å². The maximum Gasteiger partial charge on any atom is 0.200 e. The summed E-state index contributed by atoms with van der Waals surface area (Å²) >= 11 is 0. The molecule has 16 heavy (non-hydrogen) atoms. The molecule has 3 N–H and O–H groups in total. The zero-order valence-electron chi connectivity index (χ0n) is 9.37. The second kappa shape index (κ2) is 5.55. The summed E-state index contributed by atoms with van der Waals surface area (Å²) in [6, 6.07) is 2.73. The number of aromatic hydroxyl groups is 1. The first-order valence-corrected chi connectivity index (χ1v) is 4.90. The van der Waals surface area contributed by atoms with Crippen molar-refractivity contribution in [1.82, 2.24) is 0 Å². The lowest BCUT2D eigenvalue weighted by atomic mass is 10.0. The second-order valence-electron chi connectivity index (χ2n) is 3.36. The van der Waals surface area contributed by atoms with E-state index in [-0.39, 0.29) is 23.7 Å². The maximum absolute atomic E-state index is 12.2. The van der Waals surface area contributed by atoms with Crippen LogP contribution in [0.1, 0.15) is 18.0 Å². The van der Waals surface area contributed by atoms with Crippen LogP contribution in [0, 0.1) is 0 Å². The summed E-state index contributed by atoms with van der Waals surface area (Å²) in [7, 11) is 2.86. The normalized spacial score (nSPS) is 12.2. The molecule has 0 heterocycles. The van der Waals surface area contributed by atoms with Gasteiger partial charge in [-0.05, 0) is 24.1 Å². The van der Waals surface area contributed by atoms with E-state index in [2.05, 4.69) is 0 Å². The van der Waals surface area contributed by atoms with Crippen LogP contribution < -0.4 is 15.2 Å². The third-order valence-corrected chi connectivity index (χ3v) is 2.35. The first-order valence-electron chi connectivity index (χ1n) is 4.90. The Morgan fingerprint density at radius 1 is 1.31 bits per heavy atom. The number of alkyl halides is 1. The van der Waals surface area contributed by atoms with E-state index in [0.717, 1.165) is 0 Å². The van der Waals surface area contributed by atoms with E-state index in [0.29, 0.717) is 5.56 Å². The molecule has 90 valence electrons. The largest absolute Gasteiger partial charge is 0.502 e. The van der Waals surface area contributed by atoms with Crippen LogP contribution in [0.4, 0.5) is 4.39 Å². The Hall–Kier alpha value is -1.49. The lowest BCUT2D eigenvalue weighted by Gasteiger charge is -2.15. The van der Waals surface area contributed by atoms with Crippen LogP contribution in [0.3, 0.4) is 0 Å². The molecule has 0 aliphatic rings. The number of ether oxygens (including phenoxy) is 2. The molecule has 1 aromatic carbocycles. The Bertz CT molecular complexity index is 332. The highest BCUT2D eigenvalue weighted by Gasteiger charge is 2.14. The fourth-order valence-electron chi connectivity index (χ4n) is 1.41. The van der Waals surface area contributed by atoms with Crippen LogP contribution >= 0.6 is 0 Å². The predicted molar refractivity (Wildman–Crippen MR) is 58.7 cm³/mol. The van der Waals surface area contributed by atoms with Crippen molar-refractivity contribution >= 4 is 0 Å². The summed E-state index contributed by atoms with van der Waals surface area (Å²) in [5.41, 5.74) is 6.44. The van der Waals surface area contributed by atoms with Gasteiger partial charge in [-0.25, -0.2) is 0 Å². The van der Waals surface area contributed by atoms with Gasteiger partial charge in [-0.2, -0.15) is 0 Å². The van der Waals surface area contributed by atoms with Crippen molar-refractivity contribution in [2.75, 3.05) is 20.9 Å². The molecule has 5 heteroatoms. The van der Waals surface area contributed by atoms with E-state index >= 15 is 0 Å². The lowest BCUT2D eigenvalue weighted by Crippen LogP contribution is -2.11. The number of benzene rings is 1. The molecule has 0 bridgehead atoms. The van der Waals surface area contributed by atoms with Crippen molar-refractivity contribution in [2.24, 2.45) is 5.73 Å². The van der Waals surface area contributed by atoms with Gasteiger partial charge in [0.05, 0.1) is 20.9 Å². The first kappa shape index (κ1) is 12.6. The molecule has 1 atom stereocenters. The van der Waals surface area contributed by atoms with Gasteiger partial charge in [0.2, 0.25) is 5.75 Å². The van der Waals surface area contributed by atoms with Crippen LogP contribution in [0.15, 0.2) is 12.1 Å². The molecule has 1 rings (SSSR count). The Kier molecular flexibility index (Phi) is 4.37. The van der Waals surface area contributed by atoms with Gasteiger partial charge in [0.1, 0.15) is 0 Å². The maximum atomic E-state index is 12.2. The summed E-state index contributed by atoms with van der Waals surface area (Å²) < 4.78 is 22.1. The van der Waals surface area contributed by atoms with Gasteiger partial charge in [0.15, 0.2) is 11.5 Å². The summed E-state index contributed by atoms with van der Waals surface area (Å²) in [6.45, 7) is -0.493. The number of rotatable bonds is 5. The zero-order chi connectivity index (χ0) is 12.1. The summed E-state index contributed by atoms with van der Waals surface area (Å²) in [5.74, 6) is 0.452. The highest BCUT2D eigenvalue weighted by molar-refractivity contribution is 5.53. The van der Waals surface area contributed by atoms with E-state index < -0.39 is 12.7 Å². The van der Waals surface area contributed by atoms with Crippen molar-refractivity contribution < 1.29 is 19.0 Å². The van der Waals surface area contributed by atoms with Crippen molar-refractivity contribution in [3.8, 4) is 17.2 Å². The molecule has 1 aromatic rings. The quantitative estimate of drug-likeness (QED) is 0.807. The number of phenols is 1. The molecule has 0 spiro atoms. The van der Waals surface area contributed by atoms with Crippen LogP contribution in [-0.2, 0) is 0 Å². The van der Waals surface area contributed by atoms with Gasteiger partial charge in [0, 0.05) is 6.04 Å². The number of methoxy groups -OCH3 is 2. The SMILES string of the molecule is COc1cc([C@@H](N)CCF)cc(OC)c1O. The molecular weight excluding hydrogens is 213 g/mol.